The molecule has 2 aliphatic carbocycles. The molecule has 0 spiro atoms. The molecule has 22 heavy (non-hydrogen) atoms. The van der Waals surface area contributed by atoms with Crippen LogP contribution in [0.4, 0.5) is 0 Å². The molecule has 0 aromatic carbocycles. The average Bonchev–Trinajstić information content (AvgIpc) is 2.46. The van der Waals surface area contributed by atoms with Crippen LogP contribution in [-0.4, -0.2) is 23.5 Å². The third-order valence-corrected chi connectivity index (χ3v) is 5.03. The number of piperidine rings is 1. The molecule has 129 valence electrons. The van der Waals surface area contributed by atoms with Gasteiger partial charge in [-0.2, -0.15) is 18.4 Å². The molecule has 0 bridgehead atoms. The Morgan fingerprint density at radius 1 is 1.14 bits per heavy atom. The van der Waals surface area contributed by atoms with Crippen LogP contribution in [0.15, 0.2) is 11.8 Å². The number of hydrogen-bond donors (Lipinski definition) is 1. The Balaban J connectivity index is 0.000000264. The molecule has 3 aliphatic rings. The van der Waals surface area contributed by atoms with Gasteiger partial charge in [0.15, 0.2) is 5.78 Å². The van der Waals surface area contributed by atoms with Gasteiger partial charge in [-0.25, -0.2) is 0 Å². The smallest absolute Gasteiger partial charge is 0.155 e. The topological polar surface area (TPSA) is 51.4 Å². The Kier molecular flexibility index (Phi) is 8.89. The minimum absolute atomic E-state index is 0. The maximum absolute atomic E-state index is 10.0. The number of nitrogens with zero attached hydrogens (tertiary/aromatic N) is 1. The van der Waals surface area contributed by atoms with Crippen molar-refractivity contribution in [1.29, 1.82) is 0 Å². The van der Waals surface area contributed by atoms with E-state index in [1.807, 2.05) is 0 Å². The number of hydrogen-bond acceptors (Lipinski definition) is 2. The average molecular weight is 484 g/mol. The Labute approximate surface area is 148 Å². The fourth-order valence-electron chi connectivity index (χ4n) is 4.22. The summed E-state index contributed by atoms with van der Waals surface area (Å²) in [5.74, 6) is 2.78. The molecule has 0 aromatic heterocycles. The summed E-state index contributed by atoms with van der Waals surface area (Å²) in [4.78, 5) is 10.0. The standard InChI is InChI=1S/C13H21N.C5H8O2.Ir/c1-2-6-12-10(4-1)7-8-11-5-3-9-14-13(11)12;1-4(6)3-5(2)7;/h6,10-13H,1-5,7-9H2;3,6H,1-2H3;/q-2;;/b;4-3-;. The zero-order valence-electron chi connectivity index (χ0n) is 13.8. The van der Waals surface area contributed by atoms with E-state index < -0.39 is 0 Å². The molecule has 3 nitrogen and oxygen atoms in total. The van der Waals surface area contributed by atoms with Crippen molar-refractivity contribution in [1.82, 2.24) is 0 Å². The van der Waals surface area contributed by atoms with Gasteiger partial charge in [0.05, 0.1) is 5.76 Å². The van der Waals surface area contributed by atoms with Gasteiger partial charge in [0.1, 0.15) is 0 Å². The van der Waals surface area contributed by atoms with Crippen LogP contribution in [0.1, 0.15) is 58.8 Å². The predicted molar refractivity (Wildman–Crippen MR) is 86.2 cm³/mol. The van der Waals surface area contributed by atoms with Crippen molar-refractivity contribution in [3.8, 4) is 0 Å². The van der Waals surface area contributed by atoms with Crippen LogP contribution in [0.2, 0.25) is 0 Å². The second-order valence-corrected chi connectivity index (χ2v) is 6.78. The molecule has 1 saturated heterocycles. The Morgan fingerprint density at radius 2 is 1.82 bits per heavy atom. The van der Waals surface area contributed by atoms with E-state index in [-0.39, 0.29) is 31.6 Å². The van der Waals surface area contributed by atoms with E-state index in [9.17, 15) is 4.79 Å². The van der Waals surface area contributed by atoms with Crippen LogP contribution in [0.3, 0.4) is 0 Å². The molecule has 3 fully saturated rings. The van der Waals surface area contributed by atoms with Gasteiger partial charge < -0.3 is 16.8 Å². The van der Waals surface area contributed by atoms with Crippen molar-refractivity contribution < 1.29 is 30.0 Å². The number of rotatable bonds is 1. The number of allylic oxidation sites excluding steroid dienone is 2. The number of carbonyl (C=O) groups excluding carboxylic acids is 1. The zero-order valence-corrected chi connectivity index (χ0v) is 16.2. The normalized spacial score (nSPS) is 34.2. The first-order valence-electron chi connectivity index (χ1n) is 8.45. The van der Waals surface area contributed by atoms with Gasteiger partial charge >= 0.3 is 0 Å². The summed E-state index contributed by atoms with van der Waals surface area (Å²) in [6, 6.07) is 0.739. The van der Waals surface area contributed by atoms with Crippen molar-refractivity contribution >= 4 is 5.78 Å². The van der Waals surface area contributed by atoms with Crippen LogP contribution in [-0.2, 0) is 24.9 Å². The summed E-state index contributed by atoms with van der Waals surface area (Å²) in [5, 5.41) is 13.3. The monoisotopic (exact) mass is 484 g/mol. The maximum Gasteiger partial charge on any atom is 0.155 e. The summed E-state index contributed by atoms with van der Waals surface area (Å²) < 4.78 is 0. The molecule has 3 rings (SSSR count). The molecule has 4 heteroatoms. The number of carbonyl (C=O) groups is 1. The van der Waals surface area contributed by atoms with E-state index in [0.717, 1.165) is 30.3 Å². The zero-order chi connectivity index (χ0) is 15.2. The van der Waals surface area contributed by atoms with Crippen LogP contribution < -0.4 is 0 Å². The molecule has 1 N–H and O–H groups in total. The van der Waals surface area contributed by atoms with E-state index >= 15 is 0 Å². The van der Waals surface area contributed by atoms with Crippen LogP contribution in [0.5, 0.6) is 0 Å². The Bertz CT molecular complexity index is 357. The van der Waals surface area contributed by atoms with Gasteiger partial charge in [0.2, 0.25) is 0 Å². The first-order chi connectivity index (χ1) is 10.1. The summed E-state index contributed by atoms with van der Waals surface area (Å²) in [5.41, 5.74) is 0. The van der Waals surface area contributed by atoms with E-state index in [4.69, 9.17) is 10.4 Å². The van der Waals surface area contributed by atoms with Crippen LogP contribution >= 0.6 is 0 Å². The van der Waals surface area contributed by atoms with Gasteiger partial charge in [-0.15, -0.1) is 6.54 Å². The van der Waals surface area contributed by atoms with Gasteiger partial charge in [-0.3, -0.25) is 4.79 Å². The third kappa shape index (κ3) is 5.79. The van der Waals surface area contributed by atoms with E-state index in [1.165, 1.54) is 64.9 Å². The van der Waals surface area contributed by atoms with E-state index in [0.29, 0.717) is 0 Å². The molecule has 0 aromatic rings. The molecule has 4 unspecified atom stereocenters. The minimum atomic E-state index is -0.125. The fourth-order valence-corrected chi connectivity index (χ4v) is 4.22. The predicted octanol–water partition coefficient (Wildman–Crippen LogP) is 4.59. The van der Waals surface area contributed by atoms with Gasteiger partial charge in [0.25, 0.3) is 0 Å². The van der Waals surface area contributed by atoms with Gasteiger partial charge in [0, 0.05) is 26.2 Å². The van der Waals surface area contributed by atoms with Gasteiger partial charge in [-0.05, 0) is 13.8 Å². The second-order valence-electron chi connectivity index (χ2n) is 6.78. The Morgan fingerprint density at radius 3 is 2.45 bits per heavy atom. The fraction of sp³-hybridized carbons (Fsp3) is 0.778. The largest absolute Gasteiger partial charge is 0.661 e. The molecule has 2 saturated carbocycles. The van der Waals surface area contributed by atoms with Crippen molar-refractivity contribution in [2.75, 3.05) is 6.54 Å². The first-order valence-corrected chi connectivity index (χ1v) is 8.45. The third-order valence-electron chi connectivity index (χ3n) is 5.03. The minimum Gasteiger partial charge on any atom is -0.661 e. The molecule has 4 atom stereocenters. The van der Waals surface area contributed by atoms with Crippen molar-refractivity contribution in [2.24, 2.45) is 17.8 Å². The maximum atomic E-state index is 10.0. The first kappa shape index (κ1) is 19.9. The van der Waals surface area contributed by atoms with Crippen molar-refractivity contribution in [3.63, 3.8) is 0 Å². The summed E-state index contributed by atoms with van der Waals surface area (Å²) in [6.45, 7) is 4.00. The number of fused-ring (bicyclic) bond motifs is 3. The van der Waals surface area contributed by atoms with Crippen LogP contribution in [0, 0.1) is 24.2 Å². The number of aliphatic hydroxyl groups is 1. The number of aliphatic hydroxyl groups excluding tert-OH is 1. The van der Waals surface area contributed by atoms with Crippen molar-refractivity contribution in [3.05, 3.63) is 23.6 Å². The number of ketones is 1. The van der Waals surface area contributed by atoms with E-state index in [1.54, 1.807) is 0 Å². The molecule has 1 radical (unpaired) electrons. The molecule has 0 amide bonds. The van der Waals surface area contributed by atoms with E-state index in [2.05, 4.69) is 6.42 Å². The molecular weight excluding hydrogens is 454 g/mol. The Hall–Kier alpha value is -0.181. The van der Waals surface area contributed by atoms with Crippen LogP contribution in [0.25, 0.3) is 5.32 Å². The molecule has 1 aliphatic heterocycles. The summed E-state index contributed by atoms with van der Waals surface area (Å²) in [6.07, 6.45) is 13.9. The molecular formula is C18H29IrNO2-2. The summed E-state index contributed by atoms with van der Waals surface area (Å²) >= 11 is 0. The molecule has 1 heterocycles. The second kappa shape index (κ2) is 9.85. The SMILES string of the molecule is CC(=O)/C=C(/C)O.[CH-]1CCCC2CCC3CCC[N-]C3C12.[Ir]. The van der Waals surface area contributed by atoms with Crippen molar-refractivity contribution in [2.45, 2.75) is 64.8 Å². The quantitative estimate of drug-likeness (QED) is 0.337. The summed E-state index contributed by atoms with van der Waals surface area (Å²) in [7, 11) is 0. The van der Waals surface area contributed by atoms with Gasteiger partial charge in [-0.1, -0.05) is 50.4 Å².